The van der Waals surface area contributed by atoms with Crippen molar-refractivity contribution in [2.24, 2.45) is 11.8 Å². The molecular formula is C18H23ClO. The highest BCUT2D eigenvalue weighted by Crippen LogP contribution is 2.32. The van der Waals surface area contributed by atoms with Crippen molar-refractivity contribution in [2.45, 2.75) is 45.6 Å². The third kappa shape index (κ3) is 4.18. The molecule has 1 fully saturated rings. The predicted molar refractivity (Wildman–Crippen MR) is 85.3 cm³/mol. The summed E-state index contributed by atoms with van der Waals surface area (Å²) in [6.45, 7) is 4.67. The first-order valence-electron chi connectivity index (χ1n) is 7.51. The average molecular weight is 291 g/mol. The van der Waals surface area contributed by atoms with Crippen molar-refractivity contribution in [3.8, 4) is 17.6 Å². The Hall–Kier alpha value is -1.13. The molecule has 0 saturated heterocycles. The van der Waals surface area contributed by atoms with E-state index in [2.05, 4.69) is 25.7 Å². The van der Waals surface area contributed by atoms with E-state index in [1.54, 1.807) is 0 Å². The van der Waals surface area contributed by atoms with Crippen LogP contribution in [0.3, 0.4) is 0 Å². The molecule has 2 heteroatoms. The molecule has 3 unspecified atom stereocenters. The maximum Gasteiger partial charge on any atom is 0.135 e. The maximum absolute atomic E-state index is 6.20. The lowest BCUT2D eigenvalue weighted by atomic mass is 9.80. The lowest BCUT2D eigenvalue weighted by molar-refractivity contribution is 0.100. The van der Waals surface area contributed by atoms with Crippen LogP contribution in [0.1, 0.15) is 45.1 Å². The molecule has 0 amide bonds. The molecule has 1 nitrogen and oxygen atoms in total. The number of para-hydroxylation sites is 1. The second kappa shape index (κ2) is 7.60. The highest BCUT2D eigenvalue weighted by molar-refractivity contribution is 6.18. The van der Waals surface area contributed by atoms with E-state index in [1.807, 2.05) is 24.3 Å². The Morgan fingerprint density at radius 3 is 2.75 bits per heavy atom. The van der Waals surface area contributed by atoms with Gasteiger partial charge in [0.05, 0.1) is 11.7 Å². The molecule has 1 aliphatic rings. The first-order chi connectivity index (χ1) is 9.70. The van der Waals surface area contributed by atoms with Gasteiger partial charge in [0, 0.05) is 12.3 Å². The Balaban J connectivity index is 2.04. The second-order valence-electron chi connectivity index (χ2n) is 5.74. The summed E-state index contributed by atoms with van der Waals surface area (Å²) in [5.41, 5.74) is 0.976. The zero-order valence-corrected chi connectivity index (χ0v) is 13.1. The Labute approximate surface area is 127 Å². The van der Waals surface area contributed by atoms with Crippen LogP contribution in [0.15, 0.2) is 24.3 Å². The minimum absolute atomic E-state index is 0.331. The molecule has 0 N–H and O–H groups in total. The molecule has 0 radical (unpaired) electrons. The third-order valence-electron chi connectivity index (χ3n) is 4.17. The van der Waals surface area contributed by atoms with Gasteiger partial charge >= 0.3 is 0 Å². The Morgan fingerprint density at radius 2 is 2.00 bits per heavy atom. The minimum atomic E-state index is 0.331. The second-order valence-corrected chi connectivity index (χ2v) is 6.12. The van der Waals surface area contributed by atoms with Crippen LogP contribution < -0.4 is 4.74 Å². The molecule has 0 bridgehead atoms. The van der Waals surface area contributed by atoms with Crippen molar-refractivity contribution in [3.63, 3.8) is 0 Å². The number of ether oxygens (including phenoxy) is 1. The normalized spacial score (nSPS) is 25.6. The van der Waals surface area contributed by atoms with E-state index in [9.17, 15) is 0 Å². The monoisotopic (exact) mass is 290 g/mol. The zero-order valence-electron chi connectivity index (χ0n) is 12.4. The molecule has 3 atom stereocenters. The van der Waals surface area contributed by atoms with Crippen molar-refractivity contribution >= 4 is 11.6 Å². The first-order valence-corrected chi connectivity index (χ1v) is 8.04. The first kappa shape index (κ1) is 15.3. The van der Waals surface area contributed by atoms with Crippen LogP contribution in [0.4, 0.5) is 0 Å². The van der Waals surface area contributed by atoms with Crippen LogP contribution in [-0.4, -0.2) is 12.0 Å². The summed E-state index contributed by atoms with van der Waals surface area (Å²) in [6, 6.07) is 8.05. The van der Waals surface area contributed by atoms with E-state index in [0.717, 1.165) is 36.0 Å². The molecule has 2 rings (SSSR count). The van der Waals surface area contributed by atoms with Gasteiger partial charge in [0.15, 0.2) is 0 Å². The number of alkyl halides is 1. The van der Waals surface area contributed by atoms with Crippen LogP contribution in [0.2, 0.25) is 0 Å². The molecule has 20 heavy (non-hydrogen) atoms. The largest absolute Gasteiger partial charge is 0.489 e. The molecule has 0 aromatic heterocycles. The minimum Gasteiger partial charge on any atom is -0.489 e. The van der Waals surface area contributed by atoms with Gasteiger partial charge in [-0.3, -0.25) is 0 Å². The SMILES string of the molecule is CC1CCC(Oc2ccccc2C#CCCCl)CC1C. The molecule has 1 aromatic carbocycles. The predicted octanol–water partition coefficient (Wildman–Crippen LogP) is 4.87. The van der Waals surface area contributed by atoms with E-state index >= 15 is 0 Å². The van der Waals surface area contributed by atoms with Gasteiger partial charge in [0.1, 0.15) is 5.75 Å². The zero-order chi connectivity index (χ0) is 14.4. The Morgan fingerprint density at radius 1 is 1.20 bits per heavy atom. The summed E-state index contributed by atoms with van der Waals surface area (Å²) in [7, 11) is 0. The van der Waals surface area contributed by atoms with Gasteiger partial charge in [-0.2, -0.15) is 0 Å². The molecule has 1 saturated carbocycles. The quantitative estimate of drug-likeness (QED) is 0.570. The topological polar surface area (TPSA) is 9.23 Å². The fourth-order valence-electron chi connectivity index (χ4n) is 2.66. The number of benzene rings is 1. The molecule has 1 aliphatic carbocycles. The van der Waals surface area contributed by atoms with E-state index in [-0.39, 0.29) is 0 Å². The smallest absolute Gasteiger partial charge is 0.135 e. The Bertz CT molecular complexity index is 486. The molecule has 0 aliphatic heterocycles. The number of hydrogen-bond acceptors (Lipinski definition) is 1. The van der Waals surface area contributed by atoms with E-state index in [1.165, 1.54) is 6.42 Å². The van der Waals surface area contributed by atoms with Gasteiger partial charge in [0.25, 0.3) is 0 Å². The average Bonchev–Trinajstić information content (AvgIpc) is 2.45. The summed E-state index contributed by atoms with van der Waals surface area (Å²) in [6.07, 6.45) is 4.59. The summed E-state index contributed by atoms with van der Waals surface area (Å²) < 4.78 is 6.20. The summed E-state index contributed by atoms with van der Waals surface area (Å²) >= 11 is 5.66. The van der Waals surface area contributed by atoms with Gasteiger partial charge in [-0.25, -0.2) is 0 Å². The highest BCUT2D eigenvalue weighted by atomic mass is 35.5. The van der Waals surface area contributed by atoms with Gasteiger partial charge in [0.2, 0.25) is 0 Å². The fourth-order valence-corrected chi connectivity index (χ4v) is 2.76. The molecular weight excluding hydrogens is 268 g/mol. The van der Waals surface area contributed by atoms with Gasteiger partial charge in [-0.1, -0.05) is 37.8 Å². The van der Waals surface area contributed by atoms with Crippen LogP contribution >= 0.6 is 11.6 Å². The van der Waals surface area contributed by atoms with Crippen LogP contribution in [0.5, 0.6) is 5.75 Å². The van der Waals surface area contributed by atoms with Crippen molar-refractivity contribution in [1.29, 1.82) is 0 Å². The van der Waals surface area contributed by atoms with Gasteiger partial charge < -0.3 is 4.74 Å². The van der Waals surface area contributed by atoms with Crippen molar-refractivity contribution in [2.75, 3.05) is 5.88 Å². The molecule has 1 aromatic rings. The third-order valence-corrected chi connectivity index (χ3v) is 4.36. The highest BCUT2D eigenvalue weighted by Gasteiger charge is 2.26. The van der Waals surface area contributed by atoms with Crippen LogP contribution in [-0.2, 0) is 0 Å². The molecule has 0 spiro atoms. The Kier molecular flexibility index (Phi) is 5.80. The van der Waals surface area contributed by atoms with E-state index in [0.29, 0.717) is 18.4 Å². The van der Waals surface area contributed by atoms with Gasteiger partial charge in [-0.15, -0.1) is 11.6 Å². The summed E-state index contributed by atoms with van der Waals surface area (Å²) in [5.74, 6) is 9.30. The van der Waals surface area contributed by atoms with E-state index < -0.39 is 0 Å². The molecule has 0 heterocycles. The van der Waals surface area contributed by atoms with Crippen molar-refractivity contribution in [1.82, 2.24) is 0 Å². The standard InChI is InChI=1S/C18H23ClO/c1-14-10-11-17(13-15(14)2)20-18-9-4-3-7-16(18)8-5-6-12-19/h3-4,7,9,14-15,17H,6,10-13H2,1-2H3. The number of hydrogen-bond donors (Lipinski definition) is 0. The van der Waals surface area contributed by atoms with Crippen LogP contribution in [0, 0.1) is 23.7 Å². The number of halogens is 1. The summed E-state index contributed by atoms with van der Waals surface area (Å²) in [4.78, 5) is 0. The fraction of sp³-hybridized carbons (Fsp3) is 0.556. The lowest BCUT2D eigenvalue weighted by Gasteiger charge is -2.32. The maximum atomic E-state index is 6.20. The van der Waals surface area contributed by atoms with Crippen molar-refractivity contribution < 1.29 is 4.74 Å². The molecule has 108 valence electrons. The van der Waals surface area contributed by atoms with Gasteiger partial charge in [-0.05, 0) is 43.2 Å². The summed E-state index contributed by atoms with van der Waals surface area (Å²) in [5, 5.41) is 0. The van der Waals surface area contributed by atoms with E-state index in [4.69, 9.17) is 16.3 Å². The van der Waals surface area contributed by atoms with Crippen molar-refractivity contribution in [3.05, 3.63) is 29.8 Å². The lowest BCUT2D eigenvalue weighted by Crippen LogP contribution is -2.28. The van der Waals surface area contributed by atoms with Crippen LogP contribution in [0.25, 0.3) is 0 Å². The number of rotatable bonds is 3.